The van der Waals surface area contributed by atoms with E-state index in [9.17, 15) is 0 Å². The zero-order valence-corrected chi connectivity index (χ0v) is 15.6. The van der Waals surface area contributed by atoms with Crippen molar-refractivity contribution in [3.8, 4) is 0 Å². The van der Waals surface area contributed by atoms with Gasteiger partial charge in [-0.1, -0.05) is 48.4 Å². The Labute approximate surface area is 149 Å². The Morgan fingerprint density at radius 3 is 2.42 bits per heavy atom. The van der Waals surface area contributed by atoms with Crippen LogP contribution in [-0.4, -0.2) is 16.3 Å². The maximum Gasteiger partial charge on any atom is 0.150 e. The predicted octanol–water partition coefficient (Wildman–Crippen LogP) is 5.58. The van der Waals surface area contributed by atoms with E-state index in [4.69, 9.17) is 16.4 Å². The molecule has 0 spiro atoms. The molecule has 3 nitrogen and oxygen atoms in total. The number of rotatable bonds is 3. The minimum Gasteiger partial charge on any atom is -0.344 e. The summed E-state index contributed by atoms with van der Waals surface area (Å²) < 4.78 is 0. The van der Waals surface area contributed by atoms with Crippen molar-refractivity contribution in [3.05, 3.63) is 52.1 Å². The van der Waals surface area contributed by atoms with Crippen LogP contribution in [0.2, 0.25) is 5.15 Å². The van der Waals surface area contributed by atoms with E-state index >= 15 is 0 Å². The molecule has 3 rings (SSSR count). The van der Waals surface area contributed by atoms with Crippen molar-refractivity contribution >= 4 is 17.9 Å². The molecule has 0 atom stereocenters. The summed E-state index contributed by atoms with van der Waals surface area (Å²) in [6.07, 6.45) is 6.56. The van der Waals surface area contributed by atoms with Gasteiger partial charge in [0, 0.05) is 5.92 Å². The third kappa shape index (κ3) is 4.70. The van der Waals surface area contributed by atoms with Crippen molar-refractivity contribution in [1.29, 1.82) is 0 Å². The lowest BCUT2D eigenvalue weighted by Crippen LogP contribution is -2.13. The van der Waals surface area contributed by atoms with Gasteiger partial charge in [-0.05, 0) is 57.4 Å². The van der Waals surface area contributed by atoms with Crippen LogP contribution in [0.4, 0.5) is 0 Å². The van der Waals surface area contributed by atoms with Crippen LogP contribution in [0.25, 0.3) is 0 Å². The normalized spacial score (nSPS) is 20.2. The number of nitrogens with one attached hydrogen (secondary N) is 1. The Bertz CT molecular complexity index is 657. The molecule has 1 aromatic heterocycles. The summed E-state index contributed by atoms with van der Waals surface area (Å²) in [5.74, 6) is 2.35. The molecule has 130 valence electrons. The number of hydrogen-bond donors (Lipinski definition) is 1. The predicted molar refractivity (Wildman–Crippen MR) is 99.8 cm³/mol. The number of H-pyrrole nitrogens is 1. The molecule has 1 N–H and O–H groups in total. The van der Waals surface area contributed by atoms with E-state index in [0.717, 1.165) is 24.2 Å². The molecule has 0 saturated heterocycles. The van der Waals surface area contributed by atoms with Crippen molar-refractivity contribution < 1.29 is 4.79 Å². The van der Waals surface area contributed by atoms with Crippen molar-refractivity contribution in [2.75, 3.05) is 0 Å². The fourth-order valence-corrected chi connectivity index (χ4v) is 3.73. The highest BCUT2D eigenvalue weighted by Crippen LogP contribution is 2.40. The number of imidazole rings is 1. The van der Waals surface area contributed by atoms with E-state index in [1.165, 1.54) is 43.7 Å². The molecule has 1 heterocycles. The van der Waals surface area contributed by atoms with Crippen LogP contribution in [0, 0.1) is 6.92 Å². The molecule has 1 saturated carbocycles. The molecule has 1 fully saturated rings. The summed E-state index contributed by atoms with van der Waals surface area (Å²) in [5.41, 5.74) is 3.94. The van der Waals surface area contributed by atoms with Gasteiger partial charge in [0.15, 0.2) is 0 Å². The van der Waals surface area contributed by atoms with Gasteiger partial charge in [0.2, 0.25) is 0 Å². The van der Waals surface area contributed by atoms with Gasteiger partial charge in [-0.25, -0.2) is 4.98 Å². The molecule has 0 radical (unpaired) electrons. The highest BCUT2D eigenvalue weighted by molar-refractivity contribution is 6.30. The van der Waals surface area contributed by atoms with Crippen molar-refractivity contribution in [2.45, 2.75) is 64.7 Å². The molecule has 1 aliphatic rings. The zero-order chi connectivity index (χ0) is 17.5. The van der Waals surface area contributed by atoms with Gasteiger partial charge in [-0.3, -0.25) is 0 Å². The summed E-state index contributed by atoms with van der Waals surface area (Å²) in [6, 6.07) is 8.96. The molecule has 2 aromatic rings. The van der Waals surface area contributed by atoms with E-state index in [-0.39, 0.29) is 0 Å². The number of hydrogen-bond acceptors (Lipinski definition) is 2. The van der Waals surface area contributed by atoms with Gasteiger partial charge in [-0.15, -0.1) is 0 Å². The maximum atomic E-state index is 8.81. The van der Waals surface area contributed by atoms with Gasteiger partial charge >= 0.3 is 0 Å². The molecule has 1 aromatic carbocycles. The monoisotopic (exact) mass is 346 g/mol. The number of halogens is 1. The second-order valence-corrected chi connectivity index (χ2v) is 6.80. The topological polar surface area (TPSA) is 45.8 Å². The van der Waals surface area contributed by atoms with Crippen LogP contribution in [0.3, 0.4) is 0 Å². The number of aryl methyl sites for hydroxylation is 2. The lowest BCUT2D eigenvalue weighted by atomic mass is 9.78. The number of aldehydes is 1. The highest BCUT2D eigenvalue weighted by atomic mass is 35.5. The Morgan fingerprint density at radius 2 is 1.88 bits per heavy atom. The molecule has 4 heteroatoms. The molecule has 0 aliphatic heterocycles. The van der Waals surface area contributed by atoms with E-state index in [2.05, 4.69) is 48.1 Å². The molecular formula is C20H27ClN2O. The second kappa shape index (κ2) is 9.03. The van der Waals surface area contributed by atoms with Crippen LogP contribution in [0.15, 0.2) is 24.3 Å². The number of benzene rings is 1. The number of aromatic nitrogens is 2. The first-order valence-corrected chi connectivity index (χ1v) is 9.17. The number of carbonyl (C=O) groups is 1. The molecule has 0 bridgehead atoms. The molecular weight excluding hydrogens is 320 g/mol. The van der Waals surface area contributed by atoms with E-state index in [1.54, 1.807) is 0 Å². The molecule has 24 heavy (non-hydrogen) atoms. The van der Waals surface area contributed by atoms with Crippen LogP contribution in [0.1, 0.15) is 74.0 Å². The Morgan fingerprint density at radius 1 is 1.25 bits per heavy atom. The number of aromatic amines is 1. The Balaban J connectivity index is 0.000000647. The summed E-state index contributed by atoms with van der Waals surface area (Å²) in [7, 11) is 0. The summed E-state index contributed by atoms with van der Waals surface area (Å²) in [4.78, 5) is 16.8. The average Bonchev–Trinajstić information content (AvgIpc) is 2.97. The van der Waals surface area contributed by atoms with Gasteiger partial charge in [0.25, 0.3) is 0 Å². The standard InChI is InChI=1S/C18H23ClN2.C2H4O/c1-3-16-17(19)21-18(20-16)14-9-7-13(8-10-14)15-6-4-5-12(2)11-15;1-2-3/h4-6,11,13-14H,3,7-10H2,1-2H3,(H,20,21);2H,1H3. The van der Waals surface area contributed by atoms with Crippen molar-refractivity contribution in [2.24, 2.45) is 0 Å². The highest BCUT2D eigenvalue weighted by Gasteiger charge is 2.26. The van der Waals surface area contributed by atoms with Crippen LogP contribution in [0.5, 0.6) is 0 Å². The summed E-state index contributed by atoms with van der Waals surface area (Å²) in [6.45, 7) is 5.73. The van der Waals surface area contributed by atoms with Gasteiger partial charge in [-0.2, -0.15) is 0 Å². The number of nitrogens with zero attached hydrogens (tertiary/aromatic N) is 1. The number of carbonyl (C=O) groups excluding carboxylic acids is 1. The Hall–Kier alpha value is -1.61. The summed E-state index contributed by atoms with van der Waals surface area (Å²) in [5, 5.41) is 0.660. The minimum absolute atomic E-state index is 0.545. The lowest BCUT2D eigenvalue weighted by Gasteiger charge is -2.27. The van der Waals surface area contributed by atoms with E-state index in [1.807, 2.05) is 0 Å². The molecule has 0 unspecified atom stereocenters. The Kier molecular flexibility index (Phi) is 7.04. The quantitative estimate of drug-likeness (QED) is 0.737. The first-order chi connectivity index (χ1) is 11.6. The fraction of sp³-hybridized carbons (Fsp3) is 0.500. The molecule has 0 amide bonds. The van der Waals surface area contributed by atoms with Crippen LogP contribution in [-0.2, 0) is 11.2 Å². The average molecular weight is 347 g/mol. The molecule has 1 aliphatic carbocycles. The third-order valence-corrected chi connectivity index (χ3v) is 5.04. The van der Waals surface area contributed by atoms with Gasteiger partial charge in [0.1, 0.15) is 17.3 Å². The first-order valence-electron chi connectivity index (χ1n) is 8.79. The second-order valence-electron chi connectivity index (χ2n) is 6.44. The third-order valence-electron chi connectivity index (χ3n) is 4.73. The smallest absolute Gasteiger partial charge is 0.150 e. The lowest BCUT2D eigenvalue weighted by molar-refractivity contribution is -0.106. The van der Waals surface area contributed by atoms with Crippen molar-refractivity contribution in [1.82, 2.24) is 9.97 Å². The maximum absolute atomic E-state index is 8.81. The van der Waals surface area contributed by atoms with Crippen LogP contribution >= 0.6 is 11.6 Å². The fourth-order valence-electron chi connectivity index (χ4n) is 3.46. The van der Waals surface area contributed by atoms with E-state index in [0.29, 0.717) is 17.0 Å². The largest absolute Gasteiger partial charge is 0.344 e. The zero-order valence-electron chi connectivity index (χ0n) is 14.8. The first kappa shape index (κ1) is 18.7. The van der Waals surface area contributed by atoms with Crippen LogP contribution < -0.4 is 0 Å². The van der Waals surface area contributed by atoms with Crippen molar-refractivity contribution in [3.63, 3.8) is 0 Å². The van der Waals surface area contributed by atoms with E-state index < -0.39 is 0 Å². The minimum atomic E-state index is 0.545. The summed E-state index contributed by atoms with van der Waals surface area (Å²) >= 11 is 6.16. The van der Waals surface area contributed by atoms with Gasteiger partial charge in [0.05, 0.1) is 5.69 Å². The van der Waals surface area contributed by atoms with Gasteiger partial charge < -0.3 is 9.78 Å². The SMILES string of the molecule is CC=O.CCc1[nH]c(C2CCC(c3cccc(C)c3)CC2)nc1Cl.